The van der Waals surface area contributed by atoms with E-state index in [1.54, 1.807) is 6.07 Å². The summed E-state index contributed by atoms with van der Waals surface area (Å²) in [6.07, 6.45) is 3.05. The van der Waals surface area contributed by atoms with Crippen LogP contribution in [-0.2, 0) is 4.74 Å². The minimum absolute atomic E-state index is 0.356. The number of carbonyl (C=O) groups is 1. The highest BCUT2D eigenvalue weighted by Gasteiger charge is 2.20. The Balaban J connectivity index is 2.33. The van der Waals surface area contributed by atoms with Gasteiger partial charge in [0.1, 0.15) is 16.5 Å². The number of aromatic nitrogens is 1. The SMILES string of the molecule is C=Cc1c(C(=O)OC)sc2c(-c3cc(F)cc(F)c3)ccnc12. The fourth-order valence-electron chi connectivity index (χ4n) is 2.38. The predicted octanol–water partition coefficient (Wildman–Crippen LogP) is 4.67. The van der Waals surface area contributed by atoms with E-state index in [2.05, 4.69) is 11.6 Å². The molecule has 2 heterocycles. The average molecular weight is 331 g/mol. The molecule has 3 nitrogen and oxygen atoms in total. The van der Waals surface area contributed by atoms with Crippen molar-refractivity contribution >= 4 is 33.6 Å². The molecule has 0 unspecified atom stereocenters. The number of benzene rings is 1. The highest BCUT2D eigenvalue weighted by Crippen LogP contribution is 2.38. The Hall–Kier alpha value is -2.60. The maximum atomic E-state index is 13.5. The molecule has 0 N–H and O–H groups in total. The number of thiophene rings is 1. The molecule has 1 aromatic carbocycles. The quantitative estimate of drug-likeness (QED) is 0.655. The van der Waals surface area contributed by atoms with Crippen molar-refractivity contribution in [3.63, 3.8) is 0 Å². The highest BCUT2D eigenvalue weighted by molar-refractivity contribution is 7.21. The summed E-state index contributed by atoms with van der Waals surface area (Å²) in [6.45, 7) is 3.70. The minimum Gasteiger partial charge on any atom is -0.465 e. The van der Waals surface area contributed by atoms with Crippen molar-refractivity contribution in [3.05, 3.63) is 59.1 Å². The first kappa shape index (κ1) is 15.3. The summed E-state index contributed by atoms with van der Waals surface area (Å²) in [7, 11) is 1.29. The second-order valence-electron chi connectivity index (χ2n) is 4.73. The van der Waals surface area contributed by atoms with Crippen LogP contribution in [0.1, 0.15) is 15.2 Å². The van der Waals surface area contributed by atoms with Crippen LogP contribution in [0, 0.1) is 11.6 Å². The largest absolute Gasteiger partial charge is 0.465 e. The van der Waals surface area contributed by atoms with E-state index in [-0.39, 0.29) is 0 Å². The van der Waals surface area contributed by atoms with E-state index in [0.29, 0.717) is 31.8 Å². The van der Waals surface area contributed by atoms with Gasteiger partial charge in [-0.05, 0) is 23.8 Å². The van der Waals surface area contributed by atoms with Gasteiger partial charge in [0.2, 0.25) is 0 Å². The molecule has 0 aliphatic rings. The van der Waals surface area contributed by atoms with Gasteiger partial charge in [0.25, 0.3) is 0 Å². The van der Waals surface area contributed by atoms with Crippen LogP contribution in [0.25, 0.3) is 27.4 Å². The summed E-state index contributed by atoms with van der Waals surface area (Å²) >= 11 is 1.16. The van der Waals surface area contributed by atoms with E-state index in [1.807, 2.05) is 0 Å². The number of halogens is 2. The van der Waals surface area contributed by atoms with Crippen LogP contribution >= 0.6 is 11.3 Å². The molecule has 2 aromatic heterocycles. The van der Waals surface area contributed by atoms with Crippen LogP contribution in [0.3, 0.4) is 0 Å². The molecule has 0 bridgehead atoms. The first-order valence-corrected chi connectivity index (χ1v) is 7.45. The van der Waals surface area contributed by atoms with Crippen LogP contribution in [0.4, 0.5) is 8.78 Å². The Morgan fingerprint density at radius 2 is 2.00 bits per heavy atom. The normalized spacial score (nSPS) is 10.7. The lowest BCUT2D eigenvalue weighted by Crippen LogP contribution is -1.99. The Bertz CT molecular complexity index is 913. The molecule has 0 atom stereocenters. The van der Waals surface area contributed by atoms with Crippen molar-refractivity contribution in [3.8, 4) is 11.1 Å². The van der Waals surface area contributed by atoms with E-state index in [0.717, 1.165) is 17.4 Å². The minimum atomic E-state index is -0.668. The first-order valence-electron chi connectivity index (χ1n) is 6.64. The molecule has 3 aromatic rings. The number of methoxy groups -OCH3 is 1. The third-order valence-electron chi connectivity index (χ3n) is 3.36. The van der Waals surface area contributed by atoms with Crippen molar-refractivity contribution < 1.29 is 18.3 Å². The van der Waals surface area contributed by atoms with E-state index in [9.17, 15) is 13.6 Å². The lowest BCUT2D eigenvalue weighted by Gasteiger charge is -2.04. The van der Waals surface area contributed by atoms with E-state index >= 15 is 0 Å². The molecule has 3 rings (SSSR count). The van der Waals surface area contributed by atoms with Gasteiger partial charge in [-0.15, -0.1) is 11.3 Å². The third kappa shape index (κ3) is 2.61. The number of hydrogen-bond donors (Lipinski definition) is 0. The van der Waals surface area contributed by atoms with Gasteiger partial charge < -0.3 is 4.74 Å². The maximum absolute atomic E-state index is 13.5. The van der Waals surface area contributed by atoms with Crippen LogP contribution in [-0.4, -0.2) is 18.1 Å². The number of pyridine rings is 1. The van der Waals surface area contributed by atoms with Crippen LogP contribution in [0.5, 0.6) is 0 Å². The zero-order valence-corrected chi connectivity index (χ0v) is 12.9. The summed E-state index contributed by atoms with van der Waals surface area (Å²) in [5.74, 6) is -1.84. The number of ether oxygens (including phenoxy) is 1. The summed E-state index contributed by atoms with van der Waals surface area (Å²) in [4.78, 5) is 16.5. The molecule has 0 aliphatic carbocycles. The lowest BCUT2D eigenvalue weighted by atomic mass is 10.0. The molecule has 0 saturated carbocycles. The summed E-state index contributed by atoms with van der Waals surface area (Å²) < 4.78 is 32.4. The fraction of sp³-hybridized carbons (Fsp3) is 0.0588. The van der Waals surface area contributed by atoms with Gasteiger partial charge in [-0.2, -0.15) is 0 Å². The molecule has 0 amide bonds. The van der Waals surface area contributed by atoms with E-state index in [4.69, 9.17) is 4.74 Å². The van der Waals surface area contributed by atoms with Crippen LogP contribution in [0.15, 0.2) is 37.0 Å². The van der Waals surface area contributed by atoms with Gasteiger partial charge in [-0.25, -0.2) is 13.6 Å². The molecule has 0 radical (unpaired) electrons. The molecule has 0 fully saturated rings. The maximum Gasteiger partial charge on any atom is 0.348 e. The zero-order valence-electron chi connectivity index (χ0n) is 12.1. The van der Waals surface area contributed by atoms with Gasteiger partial charge in [0.05, 0.1) is 17.3 Å². The van der Waals surface area contributed by atoms with Gasteiger partial charge in [0, 0.05) is 23.4 Å². The average Bonchev–Trinajstić information content (AvgIpc) is 2.91. The molecular weight excluding hydrogens is 320 g/mol. The number of carbonyl (C=O) groups excluding carboxylic acids is 1. The van der Waals surface area contributed by atoms with Crippen molar-refractivity contribution in [2.24, 2.45) is 0 Å². The second-order valence-corrected chi connectivity index (χ2v) is 5.76. The molecule has 0 aliphatic heterocycles. The smallest absolute Gasteiger partial charge is 0.348 e. The van der Waals surface area contributed by atoms with Crippen LogP contribution < -0.4 is 0 Å². The summed E-state index contributed by atoms with van der Waals surface area (Å²) in [6, 6.07) is 4.94. The van der Waals surface area contributed by atoms with E-state index < -0.39 is 17.6 Å². The standard InChI is InChI=1S/C17H11F2NO2S/c1-3-12-14-15(23-16(12)17(21)22-2)13(4-5-20-14)9-6-10(18)8-11(19)7-9/h3-8H,1H2,2H3. The number of rotatable bonds is 3. The first-order chi connectivity index (χ1) is 11.0. The van der Waals surface area contributed by atoms with Gasteiger partial charge >= 0.3 is 5.97 Å². The van der Waals surface area contributed by atoms with Crippen molar-refractivity contribution in [1.82, 2.24) is 4.98 Å². The number of hydrogen-bond acceptors (Lipinski definition) is 4. The summed E-state index contributed by atoms with van der Waals surface area (Å²) in [5, 5.41) is 0. The Labute approximate surface area is 134 Å². The predicted molar refractivity (Wildman–Crippen MR) is 86.4 cm³/mol. The molecule has 0 spiro atoms. The number of fused-ring (bicyclic) bond motifs is 1. The third-order valence-corrected chi connectivity index (χ3v) is 4.56. The van der Waals surface area contributed by atoms with Gasteiger partial charge in [-0.1, -0.05) is 12.7 Å². The monoisotopic (exact) mass is 331 g/mol. The van der Waals surface area contributed by atoms with Crippen LogP contribution in [0.2, 0.25) is 0 Å². The Kier molecular flexibility index (Phi) is 3.92. The lowest BCUT2D eigenvalue weighted by molar-refractivity contribution is 0.0606. The highest BCUT2D eigenvalue weighted by atomic mass is 32.1. The van der Waals surface area contributed by atoms with Crippen molar-refractivity contribution in [1.29, 1.82) is 0 Å². The molecule has 0 saturated heterocycles. The molecule has 116 valence electrons. The Morgan fingerprint density at radius 1 is 1.30 bits per heavy atom. The number of nitrogens with zero attached hydrogens (tertiary/aromatic N) is 1. The molecule has 6 heteroatoms. The zero-order chi connectivity index (χ0) is 16.6. The molecular formula is C17H11F2NO2S. The van der Waals surface area contributed by atoms with Crippen molar-refractivity contribution in [2.45, 2.75) is 0 Å². The Morgan fingerprint density at radius 3 is 2.61 bits per heavy atom. The second kappa shape index (κ2) is 5.89. The topological polar surface area (TPSA) is 39.2 Å². The molecule has 23 heavy (non-hydrogen) atoms. The van der Waals surface area contributed by atoms with Crippen molar-refractivity contribution in [2.75, 3.05) is 7.11 Å². The summed E-state index contributed by atoms with van der Waals surface area (Å²) in [5.41, 5.74) is 2.07. The van der Waals surface area contributed by atoms with E-state index in [1.165, 1.54) is 31.5 Å². The fourth-order valence-corrected chi connectivity index (χ4v) is 3.59. The number of esters is 1. The van der Waals surface area contributed by atoms with Gasteiger partial charge in [-0.3, -0.25) is 4.98 Å². The van der Waals surface area contributed by atoms with Gasteiger partial charge in [0.15, 0.2) is 0 Å².